The molecular formula is C22H20F3NO3. The predicted molar refractivity (Wildman–Crippen MR) is 102 cm³/mol. The molecule has 4 nitrogen and oxygen atoms in total. The molecular weight excluding hydrogens is 383 g/mol. The highest BCUT2D eigenvalue weighted by atomic mass is 19.4. The zero-order valence-corrected chi connectivity index (χ0v) is 16.0. The summed E-state index contributed by atoms with van der Waals surface area (Å²) >= 11 is 0. The fourth-order valence-corrected chi connectivity index (χ4v) is 4.12. The SMILES string of the molecule is COc1cc2c(c(OC)c1)C(c1ccc(C(F)(F)F)cc1)C1=C(CCCC1=O)N2. The van der Waals surface area contributed by atoms with E-state index in [1.807, 2.05) is 6.07 Å². The van der Waals surface area contributed by atoms with Crippen LogP contribution in [0.15, 0.2) is 47.7 Å². The van der Waals surface area contributed by atoms with Gasteiger partial charge >= 0.3 is 6.18 Å². The Kier molecular flexibility index (Phi) is 4.76. The quantitative estimate of drug-likeness (QED) is 0.757. The summed E-state index contributed by atoms with van der Waals surface area (Å²) in [6.45, 7) is 0. The lowest BCUT2D eigenvalue weighted by molar-refractivity contribution is -0.137. The largest absolute Gasteiger partial charge is 0.497 e. The Hall–Kier alpha value is -2.96. The Balaban J connectivity index is 1.92. The van der Waals surface area contributed by atoms with Crippen molar-refractivity contribution in [2.45, 2.75) is 31.4 Å². The summed E-state index contributed by atoms with van der Waals surface area (Å²) in [5, 5.41) is 3.33. The van der Waals surface area contributed by atoms with Gasteiger partial charge in [0.2, 0.25) is 0 Å². The molecule has 152 valence electrons. The molecule has 0 bridgehead atoms. The van der Waals surface area contributed by atoms with E-state index in [2.05, 4.69) is 5.32 Å². The van der Waals surface area contributed by atoms with Crippen molar-refractivity contribution in [1.82, 2.24) is 0 Å². The van der Waals surface area contributed by atoms with Gasteiger partial charge in [0.05, 0.1) is 19.8 Å². The van der Waals surface area contributed by atoms with Gasteiger partial charge in [-0.2, -0.15) is 13.2 Å². The molecule has 1 aliphatic carbocycles. The first kappa shape index (κ1) is 19.4. The van der Waals surface area contributed by atoms with E-state index >= 15 is 0 Å². The number of allylic oxidation sites excluding steroid dienone is 2. The molecule has 0 saturated heterocycles. The standard InChI is InChI=1S/C22H20F3NO3/c1-28-14-10-16-21(18(11-14)29-2)19(20-15(26-16)4-3-5-17(20)27)12-6-8-13(9-7-12)22(23,24)25/h6-11,19,26H,3-5H2,1-2H3. The van der Waals surface area contributed by atoms with Crippen LogP contribution >= 0.6 is 0 Å². The number of carbonyl (C=O) groups is 1. The van der Waals surface area contributed by atoms with Crippen molar-refractivity contribution in [1.29, 1.82) is 0 Å². The molecule has 0 aromatic heterocycles. The molecule has 0 spiro atoms. The molecule has 7 heteroatoms. The van der Waals surface area contributed by atoms with E-state index in [1.54, 1.807) is 13.2 Å². The number of carbonyl (C=O) groups excluding carboxylic acids is 1. The van der Waals surface area contributed by atoms with E-state index in [-0.39, 0.29) is 5.78 Å². The van der Waals surface area contributed by atoms with Crippen molar-refractivity contribution >= 4 is 11.5 Å². The number of rotatable bonds is 3. The maximum Gasteiger partial charge on any atom is 0.416 e. The third-order valence-corrected chi connectivity index (χ3v) is 5.46. The van der Waals surface area contributed by atoms with E-state index in [0.29, 0.717) is 35.5 Å². The third kappa shape index (κ3) is 3.34. The highest BCUT2D eigenvalue weighted by Gasteiger charge is 2.38. The molecule has 1 heterocycles. The smallest absolute Gasteiger partial charge is 0.416 e. The van der Waals surface area contributed by atoms with E-state index in [0.717, 1.165) is 35.5 Å². The lowest BCUT2D eigenvalue weighted by Gasteiger charge is -2.35. The van der Waals surface area contributed by atoms with Gasteiger partial charge in [0.1, 0.15) is 11.5 Å². The van der Waals surface area contributed by atoms with Crippen LogP contribution in [0.2, 0.25) is 0 Å². The summed E-state index contributed by atoms with van der Waals surface area (Å²) in [4.78, 5) is 12.8. The predicted octanol–water partition coefficient (Wildman–Crippen LogP) is 5.29. The minimum absolute atomic E-state index is 0.00664. The van der Waals surface area contributed by atoms with Crippen LogP contribution in [0.3, 0.4) is 0 Å². The Morgan fingerprint density at radius 3 is 2.38 bits per heavy atom. The Bertz CT molecular complexity index is 994. The van der Waals surface area contributed by atoms with Gasteiger partial charge in [0.15, 0.2) is 5.78 Å². The van der Waals surface area contributed by atoms with Crippen LogP contribution in [0.5, 0.6) is 11.5 Å². The zero-order valence-electron chi connectivity index (χ0n) is 16.0. The first-order chi connectivity index (χ1) is 13.8. The van der Waals surface area contributed by atoms with Crippen molar-refractivity contribution in [3.8, 4) is 11.5 Å². The van der Waals surface area contributed by atoms with Crippen LogP contribution in [-0.2, 0) is 11.0 Å². The van der Waals surface area contributed by atoms with Crippen LogP contribution in [0, 0.1) is 0 Å². The lowest BCUT2D eigenvalue weighted by Crippen LogP contribution is -2.27. The minimum Gasteiger partial charge on any atom is -0.497 e. The van der Waals surface area contributed by atoms with Gasteiger partial charge in [-0.1, -0.05) is 12.1 Å². The summed E-state index contributed by atoms with van der Waals surface area (Å²) in [6, 6.07) is 8.53. The maximum absolute atomic E-state index is 13.0. The number of Topliss-reactive ketones (excluding diaryl/α,β-unsaturated/α-hetero) is 1. The highest BCUT2D eigenvalue weighted by molar-refractivity contribution is 6.01. The number of fused-ring (bicyclic) bond motifs is 1. The van der Waals surface area contributed by atoms with Crippen LogP contribution in [0.1, 0.15) is 41.9 Å². The van der Waals surface area contributed by atoms with Gasteiger partial charge in [0.25, 0.3) is 0 Å². The molecule has 0 amide bonds. The molecule has 2 aromatic rings. The average Bonchev–Trinajstić information content (AvgIpc) is 2.71. The van der Waals surface area contributed by atoms with Crippen molar-refractivity contribution < 1.29 is 27.4 Å². The molecule has 1 N–H and O–H groups in total. The van der Waals surface area contributed by atoms with Gasteiger partial charge < -0.3 is 14.8 Å². The molecule has 0 radical (unpaired) electrons. The maximum atomic E-state index is 13.0. The van der Waals surface area contributed by atoms with E-state index in [1.165, 1.54) is 19.2 Å². The molecule has 29 heavy (non-hydrogen) atoms. The summed E-state index contributed by atoms with van der Waals surface area (Å²) in [7, 11) is 3.07. The first-order valence-corrected chi connectivity index (χ1v) is 9.30. The van der Waals surface area contributed by atoms with Crippen LogP contribution in [-0.4, -0.2) is 20.0 Å². The summed E-state index contributed by atoms with van der Waals surface area (Å²) in [5.41, 5.74) is 2.77. The molecule has 1 unspecified atom stereocenters. The fourth-order valence-electron chi connectivity index (χ4n) is 4.12. The number of halogens is 3. The minimum atomic E-state index is -4.42. The summed E-state index contributed by atoms with van der Waals surface area (Å²) in [6.07, 6.45) is -2.55. The molecule has 2 aliphatic rings. The number of hydrogen-bond acceptors (Lipinski definition) is 4. The number of hydrogen-bond donors (Lipinski definition) is 1. The molecule has 1 aliphatic heterocycles. The normalized spacial score (nSPS) is 18.7. The second-order valence-electron chi connectivity index (χ2n) is 7.14. The molecule has 1 atom stereocenters. The summed E-state index contributed by atoms with van der Waals surface area (Å²) < 4.78 is 50.0. The summed E-state index contributed by atoms with van der Waals surface area (Å²) in [5.74, 6) is 0.608. The molecule has 2 aromatic carbocycles. The van der Waals surface area contributed by atoms with Crippen molar-refractivity contribution in [3.05, 3.63) is 64.4 Å². The lowest BCUT2D eigenvalue weighted by atomic mass is 9.75. The van der Waals surface area contributed by atoms with Gasteiger partial charge in [-0.05, 0) is 30.5 Å². The number of nitrogens with one attached hydrogen (secondary N) is 1. The second kappa shape index (κ2) is 7.13. The van der Waals surface area contributed by atoms with Crippen molar-refractivity contribution in [3.63, 3.8) is 0 Å². The Morgan fingerprint density at radius 1 is 1.03 bits per heavy atom. The van der Waals surface area contributed by atoms with E-state index < -0.39 is 17.7 Å². The van der Waals surface area contributed by atoms with Crippen molar-refractivity contribution in [2.24, 2.45) is 0 Å². The zero-order chi connectivity index (χ0) is 20.8. The first-order valence-electron chi connectivity index (χ1n) is 9.30. The number of ether oxygens (including phenoxy) is 2. The van der Waals surface area contributed by atoms with Crippen LogP contribution in [0.4, 0.5) is 18.9 Å². The van der Waals surface area contributed by atoms with Gasteiger partial charge in [-0.3, -0.25) is 4.79 Å². The second-order valence-corrected chi connectivity index (χ2v) is 7.14. The molecule has 0 saturated carbocycles. The Labute approximate surface area is 166 Å². The number of ketones is 1. The number of anilines is 1. The topological polar surface area (TPSA) is 47.6 Å². The molecule has 4 rings (SSSR count). The Morgan fingerprint density at radius 2 is 1.76 bits per heavy atom. The number of methoxy groups -OCH3 is 2. The monoisotopic (exact) mass is 403 g/mol. The number of alkyl halides is 3. The van der Waals surface area contributed by atoms with Crippen LogP contribution in [0.25, 0.3) is 0 Å². The third-order valence-electron chi connectivity index (χ3n) is 5.46. The van der Waals surface area contributed by atoms with Gasteiger partial charge in [0, 0.05) is 47.0 Å². The molecule has 0 fully saturated rings. The van der Waals surface area contributed by atoms with E-state index in [9.17, 15) is 18.0 Å². The van der Waals surface area contributed by atoms with Gasteiger partial charge in [-0.25, -0.2) is 0 Å². The van der Waals surface area contributed by atoms with E-state index in [4.69, 9.17) is 9.47 Å². The van der Waals surface area contributed by atoms with Crippen LogP contribution < -0.4 is 14.8 Å². The number of benzene rings is 2. The van der Waals surface area contributed by atoms with Crippen molar-refractivity contribution in [2.75, 3.05) is 19.5 Å². The fraction of sp³-hybridized carbons (Fsp3) is 0.318. The average molecular weight is 403 g/mol. The van der Waals surface area contributed by atoms with Gasteiger partial charge in [-0.15, -0.1) is 0 Å². The highest BCUT2D eigenvalue weighted by Crippen LogP contribution is 2.50.